The molecule has 0 saturated carbocycles. The van der Waals surface area contributed by atoms with Crippen LogP contribution in [0.25, 0.3) is 0 Å². The van der Waals surface area contributed by atoms with Gasteiger partial charge in [-0.05, 0) is 17.7 Å². The lowest BCUT2D eigenvalue weighted by Gasteiger charge is -2.18. The zero-order valence-corrected chi connectivity index (χ0v) is 13.4. The van der Waals surface area contributed by atoms with E-state index in [1.807, 2.05) is 39.0 Å². The van der Waals surface area contributed by atoms with Gasteiger partial charge >= 0.3 is 6.01 Å². The Morgan fingerprint density at radius 3 is 2.65 bits per heavy atom. The van der Waals surface area contributed by atoms with Crippen molar-refractivity contribution >= 4 is 11.9 Å². The van der Waals surface area contributed by atoms with Crippen molar-refractivity contribution in [2.24, 2.45) is 5.41 Å². The second-order valence-electron chi connectivity index (χ2n) is 6.36. The van der Waals surface area contributed by atoms with Crippen LogP contribution in [0.15, 0.2) is 22.6 Å². The van der Waals surface area contributed by atoms with E-state index >= 15 is 0 Å². The highest BCUT2D eigenvalue weighted by Gasteiger charge is 2.23. The molecule has 0 aliphatic carbocycles. The molecular weight excluding hydrogens is 298 g/mol. The largest absolute Gasteiger partial charge is 0.486 e. The topological polar surface area (TPSA) is 86.5 Å². The van der Waals surface area contributed by atoms with Crippen LogP contribution in [0.1, 0.15) is 32.2 Å². The van der Waals surface area contributed by atoms with Crippen LogP contribution < -0.4 is 14.8 Å². The van der Waals surface area contributed by atoms with Gasteiger partial charge in [0.2, 0.25) is 11.8 Å². The molecule has 122 valence electrons. The lowest BCUT2D eigenvalue weighted by molar-refractivity contribution is -0.123. The summed E-state index contributed by atoms with van der Waals surface area (Å²) in [7, 11) is 0. The third kappa shape index (κ3) is 3.61. The molecule has 3 rings (SSSR count). The average molecular weight is 317 g/mol. The number of hydrogen-bond acceptors (Lipinski definition) is 6. The molecule has 0 spiro atoms. The number of nitrogens with one attached hydrogen (secondary N) is 1. The Kier molecular flexibility index (Phi) is 3.94. The highest BCUT2D eigenvalue weighted by atomic mass is 16.6. The number of aromatic nitrogens is 2. The van der Waals surface area contributed by atoms with E-state index in [0.29, 0.717) is 25.5 Å². The third-order valence-corrected chi connectivity index (χ3v) is 3.33. The first-order chi connectivity index (χ1) is 10.9. The number of ether oxygens (including phenoxy) is 2. The molecule has 1 aromatic heterocycles. The molecule has 0 bridgehead atoms. The minimum absolute atomic E-state index is 0.109. The molecule has 2 heterocycles. The summed E-state index contributed by atoms with van der Waals surface area (Å²) in [5, 5.41) is 10.4. The smallest absolute Gasteiger partial charge is 0.322 e. The molecule has 0 saturated heterocycles. The molecule has 1 aromatic carbocycles. The first-order valence-corrected chi connectivity index (χ1v) is 7.44. The molecule has 1 N–H and O–H groups in total. The maximum Gasteiger partial charge on any atom is 0.322 e. The SMILES string of the molecule is CC(C)(C)C(=O)Nc1nnc(Cc2ccc3c(c2)OCCO3)o1. The molecule has 23 heavy (non-hydrogen) atoms. The van der Waals surface area contributed by atoms with Crippen LogP contribution in [-0.4, -0.2) is 29.3 Å². The van der Waals surface area contributed by atoms with Crippen LogP contribution in [0, 0.1) is 5.41 Å². The van der Waals surface area contributed by atoms with E-state index in [9.17, 15) is 4.79 Å². The Labute approximate surface area is 134 Å². The summed E-state index contributed by atoms with van der Waals surface area (Å²) in [4.78, 5) is 11.9. The standard InChI is InChI=1S/C16H19N3O4/c1-16(2,3)14(20)17-15-19-18-13(23-15)9-10-4-5-11-12(8-10)22-7-6-21-11/h4-5,8H,6-7,9H2,1-3H3,(H,17,19,20). The highest BCUT2D eigenvalue weighted by molar-refractivity contribution is 5.92. The number of fused-ring (bicyclic) bond motifs is 1. The summed E-state index contributed by atoms with van der Waals surface area (Å²) in [6.45, 7) is 6.55. The predicted octanol–water partition coefficient (Wildman–Crippen LogP) is 2.42. The number of rotatable bonds is 3. The highest BCUT2D eigenvalue weighted by Crippen LogP contribution is 2.31. The van der Waals surface area contributed by atoms with Crippen molar-refractivity contribution in [3.05, 3.63) is 29.7 Å². The van der Waals surface area contributed by atoms with Gasteiger partial charge in [-0.15, -0.1) is 5.10 Å². The number of nitrogens with zero attached hydrogens (tertiary/aromatic N) is 2. The molecule has 0 radical (unpaired) electrons. The Hall–Kier alpha value is -2.57. The second-order valence-corrected chi connectivity index (χ2v) is 6.36. The molecule has 2 aromatic rings. The third-order valence-electron chi connectivity index (χ3n) is 3.33. The first-order valence-electron chi connectivity index (χ1n) is 7.44. The van der Waals surface area contributed by atoms with Crippen molar-refractivity contribution in [3.8, 4) is 11.5 Å². The molecule has 0 unspecified atom stereocenters. The number of anilines is 1. The van der Waals surface area contributed by atoms with Crippen LogP contribution in [0.3, 0.4) is 0 Å². The Morgan fingerprint density at radius 1 is 1.17 bits per heavy atom. The zero-order chi connectivity index (χ0) is 16.4. The van der Waals surface area contributed by atoms with E-state index < -0.39 is 5.41 Å². The number of carbonyl (C=O) groups is 1. The normalized spacial score (nSPS) is 13.7. The zero-order valence-electron chi connectivity index (χ0n) is 13.4. The number of amides is 1. The fourth-order valence-corrected chi connectivity index (χ4v) is 2.03. The van der Waals surface area contributed by atoms with Gasteiger partial charge in [0.15, 0.2) is 11.5 Å². The second kappa shape index (κ2) is 5.91. The quantitative estimate of drug-likeness (QED) is 0.935. The van der Waals surface area contributed by atoms with Crippen molar-refractivity contribution in [3.63, 3.8) is 0 Å². The van der Waals surface area contributed by atoms with Crippen LogP contribution in [0.5, 0.6) is 11.5 Å². The summed E-state index contributed by atoms with van der Waals surface area (Å²) < 4.78 is 16.5. The van der Waals surface area contributed by atoms with Crippen molar-refractivity contribution in [1.29, 1.82) is 0 Å². The van der Waals surface area contributed by atoms with Gasteiger partial charge in [-0.1, -0.05) is 31.9 Å². The predicted molar refractivity (Wildman–Crippen MR) is 82.6 cm³/mol. The van der Waals surface area contributed by atoms with E-state index in [1.54, 1.807) is 0 Å². The number of hydrogen-bond donors (Lipinski definition) is 1. The summed E-state index contributed by atoms with van der Waals surface area (Å²) >= 11 is 0. The fraction of sp³-hybridized carbons (Fsp3) is 0.438. The Morgan fingerprint density at radius 2 is 1.91 bits per heavy atom. The van der Waals surface area contributed by atoms with Crippen molar-refractivity contribution in [1.82, 2.24) is 10.2 Å². The van der Waals surface area contributed by atoms with Crippen LogP contribution in [0.4, 0.5) is 6.01 Å². The summed E-state index contributed by atoms with van der Waals surface area (Å²) in [5.41, 5.74) is 0.441. The van der Waals surface area contributed by atoms with Gasteiger partial charge in [0.05, 0.1) is 6.42 Å². The van der Waals surface area contributed by atoms with Gasteiger partial charge in [0.25, 0.3) is 0 Å². The minimum atomic E-state index is -0.523. The lowest BCUT2D eigenvalue weighted by atomic mass is 9.96. The van der Waals surface area contributed by atoms with Gasteiger partial charge in [-0.25, -0.2) is 0 Å². The fourth-order valence-electron chi connectivity index (χ4n) is 2.03. The van der Waals surface area contributed by atoms with E-state index in [-0.39, 0.29) is 11.9 Å². The molecule has 0 atom stereocenters. The molecule has 7 nitrogen and oxygen atoms in total. The summed E-state index contributed by atoms with van der Waals surface area (Å²) in [5.74, 6) is 1.70. The van der Waals surface area contributed by atoms with Gasteiger partial charge in [0, 0.05) is 5.41 Å². The van der Waals surface area contributed by atoms with E-state index in [4.69, 9.17) is 13.9 Å². The van der Waals surface area contributed by atoms with Crippen molar-refractivity contribution in [2.75, 3.05) is 18.5 Å². The first kappa shape index (κ1) is 15.3. The van der Waals surface area contributed by atoms with Gasteiger partial charge in [-0.3, -0.25) is 10.1 Å². The van der Waals surface area contributed by atoms with Crippen molar-refractivity contribution < 1.29 is 18.7 Å². The maximum absolute atomic E-state index is 11.9. The van der Waals surface area contributed by atoms with Crippen molar-refractivity contribution in [2.45, 2.75) is 27.2 Å². The van der Waals surface area contributed by atoms with E-state index in [2.05, 4.69) is 15.5 Å². The van der Waals surface area contributed by atoms with E-state index in [1.165, 1.54) is 0 Å². The van der Waals surface area contributed by atoms with Gasteiger partial charge < -0.3 is 13.9 Å². The van der Waals surface area contributed by atoms with Gasteiger partial charge in [-0.2, -0.15) is 0 Å². The molecule has 1 aliphatic heterocycles. The maximum atomic E-state index is 11.9. The number of benzene rings is 1. The summed E-state index contributed by atoms with van der Waals surface area (Å²) in [6.07, 6.45) is 0.453. The van der Waals surface area contributed by atoms with Gasteiger partial charge in [0.1, 0.15) is 13.2 Å². The average Bonchev–Trinajstić information content (AvgIpc) is 2.93. The Bertz CT molecular complexity index is 718. The Balaban J connectivity index is 1.68. The molecule has 1 amide bonds. The molecule has 7 heteroatoms. The molecule has 1 aliphatic rings. The monoisotopic (exact) mass is 317 g/mol. The molecular formula is C16H19N3O4. The molecule has 0 fully saturated rings. The number of carbonyl (C=O) groups excluding carboxylic acids is 1. The van der Waals surface area contributed by atoms with Crippen LogP contribution >= 0.6 is 0 Å². The minimum Gasteiger partial charge on any atom is -0.486 e. The van der Waals surface area contributed by atoms with E-state index in [0.717, 1.165) is 17.1 Å². The van der Waals surface area contributed by atoms with Crippen LogP contribution in [0.2, 0.25) is 0 Å². The summed E-state index contributed by atoms with van der Waals surface area (Å²) in [6, 6.07) is 5.79. The lowest BCUT2D eigenvalue weighted by Crippen LogP contribution is -2.27. The van der Waals surface area contributed by atoms with Crippen LogP contribution in [-0.2, 0) is 11.2 Å².